The van der Waals surface area contributed by atoms with Gasteiger partial charge < -0.3 is 14.2 Å². The number of ether oxygens (including phenoxy) is 3. The molecular weight excluding hydrogens is 332 g/mol. The molecule has 0 bridgehead atoms. The van der Waals surface area contributed by atoms with Gasteiger partial charge in [0.1, 0.15) is 12.4 Å². The Kier molecular flexibility index (Phi) is 9.90. The number of benzene rings is 1. The summed E-state index contributed by atoms with van der Waals surface area (Å²) in [6, 6.07) is 7.40. The van der Waals surface area contributed by atoms with Crippen LogP contribution in [0.4, 0.5) is 10.5 Å². The van der Waals surface area contributed by atoms with Crippen molar-refractivity contribution in [3.05, 3.63) is 24.3 Å². The van der Waals surface area contributed by atoms with Gasteiger partial charge in [-0.05, 0) is 30.7 Å². The molecule has 1 aromatic carbocycles. The molecule has 0 unspecified atom stereocenters. The van der Waals surface area contributed by atoms with E-state index >= 15 is 0 Å². The first kappa shape index (κ1) is 20.5. The monoisotopic (exact) mass is 364 g/mol. The molecule has 1 aromatic rings. The van der Waals surface area contributed by atoms with Crippen LogP contribution in [0.3, 0.4) is 0 Å². The summed E-state index contributed by atoms with van der Waals surface area (Å²) < 4.78 is 16.2. The van der Waals surface area contributed by atoms with Crippen LogP contribution in [-0.4, -0.2) is 57.1 Å². The first-order chi connectivity index (χ1) is 12.8. The standard InChI is InChI=1S/C20H32N2O4/c1-2-3-4-5-6-14-25-19-9-7-18(8-10-19)21-20(23)26-17-13-22-11-15-24-16-12-22/h7-10H,2-6,11-17H2,1H3,(H,21,23). The van der Waals surface area contributed by atoms with Crippen molar-refractivity contribution >= 4 is 11.8 Å². The molecule has 26 heavy (non-hydrogen) atoms. The van der Waals surface area contributed by atoms with E-state index in [2.05, 4.69) is 17.1 Å². The predicted octanol–water partition coefficient (Wildman–Crippen LogP) is 3.92. The minimum Gasteiger partial charge on any atom is -0.494 e. The molecule has 1 fully saturated rings. The molecule has 0 saturated carbocycles. The maximum Gasteiger partial charge on any atom is 0.411 e. The van der Waals surface area contributed by atoms with Gasteiger partial charge in [-0.25, -0.2) is 4.79 Å². The van der Waals surface area contributed by atoms with Crippen LogP contribution < -0.4 is 10.1 Å². The van der Waals surface area contributed by atoms with Crippen molar-refractivity contribution in [1.29, 1.82) is 0 Å². The highest BCUT2D eigenvalue weighted by Crippen LogP contribution is 2.16. The number of morpholine rings is 1. The topological polar surface area (TPSA) is 60.0 Å². The fraction of sp³-hybridized carbons (Fsp3) is 0.650. The summed E-state index contributed by atoms with van der Waals surface area (Å²) in [7, 11) is 0. The summed E-state index contributed by atoms with van der Waals surface area (Å²) in [5.41, 5.74) is 0.705. The molecule has 1 aliphatic rings. The Morgan fingerprint density at radius 3 is 2.54 bits per heavy atom. The van der Waals surface area contributed by atoms with Gasteiger partial charge in [0.05, 0.1) is 19.8 Å². The molecule has 0 aromatic heterocycles. The van der Waals surface area contributed by atoms with E-state index < -0.39 is 6.09 Å². The third-order valence-corrected chi connectivity index (χ3v) is 4.36. The second-order valence-corrected chi connectivity index (χ2v) is 6.50. The molecule has 146 valence electrons. The maximum atomic E-state index is 11.8. The van der Waals surface area contributed by atoms with Crippen LogP contribution >= 0.6 is 0 Å². The molecule has 1 amide bonds. The zero-order chi connectivity index (χ0) is 18.5. The number of carbonyl (C=O) groups excluding carboxylic acids is 1. The number of rotatable bonds is 11. The van der Waals surface area contributed by atoms with Crippen LogP contribution in [0.15, 0.2) is 24.3 Å². The lowest BCUT2D eigenvalue weighted by Gasteiger charge is -2.26. The number of nitrogens with one attached hydrogen (secondary N) is 1. The predicted molar refractivity (Wildman–Crippen MR) is 103 cm³/mol. The summed E-state index contributed by atoms with van der Waals surface area (Å²) in [5.74, 6) is 0.826. The Morgan fingerprint density at radius 2 is 1.81 bits per heavy atom. The summed E-state index contributed by atoms with van der Waals surface area (Å²) in [6.45, 7) is 7.35. The molecule has 6 nitrogen and oxygen atoms in total. The fourth-order valence-electron chi connectivity index (χ4n) is 2.78. The molecule has 1 aliphatic heterocycles. The maximum absolute atomic E-state index is 11.8. The summed E-state index contributed by atoms with van der Waals surface area (Å²) in [4.78, 5) is 14.1. The Labute approximate surface area is 156 Å². The van der Waals surface area contributed by atoms with Crippen molar-refractivity contribution < 1.29 is 19.0 Å². The van der Waals surface area contributed by atoms with E-state index in [9.17, 15) is 4.79 Å². The van der Waals surface area contributed by atoms with Gasteiger partial charge in [-0.3, -0.25) is 10.2 Å². The van der Waals surface area contributed by atoms with Crippen LogP contribution in [0.1, 0.15) is 39.0 Å². The Bertz CT molecular complexity index is 501. The van der Waals surface area contributed by atoms with E-state index in [1.165, 1.54) is 25.7 Å². The van der Waals surface area contributed by atoms with Crippen molar-refractivity contribution in [2.24, 2.45) is 0 Å². The lowest BCUT2D eigenvalue weighted by molar-refractivity contribution is 0.0290. The van der Waals surface area contributed by atoms with E-state index in [1.54, 1.807) is 0 Å². The van der Waals surface area contributed by atoms with E-state index in [4.69, 9.17) is 14.2 Å². The largest absolute Gasteiger partial charge is 0.494 e. The SMILES string of the molecule is CCCCCCCOc1ccc(NC(=O)OCCN2CCOCC2)cc1. The lowest BCUT2D eigenvalue weighted by atomic mass is 10.2. The van der Waals surface area contributed by atoms with E-state index in [0.29, 0.717) is 12.3 Å². The highest BCUT2D eigenvalue weighted by molar-refractivity contribution is 5.84. The van der Waals surface area contributed by atoms with Crippen LogP contribution in [0.5, 0.6) is 5.75 Å². The first-order valence-electron chi connectivity index (χ1n) is 9.74. The number of unbranched alkanes of at least 4 members (excludes halogenated alkanes) is 4. The second-order valence-electron chi connectivity index (χ2n) is 6.50. The van der Waals surface area contributed by atoms with Crippen LogP contribution in [-0.2, 0) is 9.47 Å². The minimum absolute atomic E-state index is 0.380. The highest BCUT2D eigenvalue weighted by atomic mass is 16.5. The third kappa shape index (κ3) is 8.54. The van der Waals surface area contributed by atoms with Gasteiger partial charge >= 0.3 is 6.09 Å². The van der Waals surface area contributed by atoms with Crippen LogP contribution in [0.25, 0.3) is 0 Å². The Balaban J connectivity index is 1.57. The molecule has 0 atom stereocenters. The lowest BCUT2D eigenvalue weighted by Crippen LogP contribution is -2.38. The number of carbonyl (C=O) groups is 1. The van der Waals surface area contributed by atoms with Crippen LogP contribution in [0, 0.1) is 0 Å². The summed E-state index contributed by atoms with van der Waals surface area (Å²) in [5, 5.41) is 2.74. The molecule has 1 heterocycles. The number of amides is 1. The number of anilines is 1. The molecule has 0 radical (unpaired) electrons. The fourth-order valence-corrected chi connectivity index (χ4v) is 2.78. The van der Waals surface area contributed by atoms with Gasteiger partial charge in [-0.2, -0.15) is 0 Å². The molecular formula is C20H32N2O4. The minimum atomic E-state index is -0.428. The molecule has 6 heteroatoms. The molecule has 0 aliphatic carbocycles. The molecule has 1 N–H and O–H groups in total. The zero-order valence-corrected chi connectivity index (χ0v) is 15.9. The summed E-state index contributed by atoms with van der Waals surface area (Å²) in [6.07, 6.45) is 5.69. The van der Waals surface area contributed by atoms with Crippen molar-refractivity contribution in [2.45, 2.75) is 39.0 Å². The highest BCUT2D eigenvalue weighted by Gasteiger charge is 2.11. The quantitative estimate of drug-likeness (QED) is 0.603. The normalized spacial score (nSPS) is 14.8. The van der Waals surface area contributed by atoms with Gasteiger partial charge in [0.25, 0.3) is 0 Å². The van der Waals surface area contributed by atoms with Crippen molar-refractivity contribution in [3.63, 3.8) is 0 Å². The first-order valence-corrected chi connectivity index (χ1v) is 9.74. The van der Waals surface area contributed by atoms with Crippen molar-refractivity contribution in [3.8, 4) is 5.75 Å². The van der Waals surface area contributed by atoms with E-state index in [-0.39, 0.29) is 0 Å². The average Bonchev–Trinajstić information content (AvgIpc) is 2.67. The van der Waals surface area contributed by atoms with Gasteiger partial charge in [0.15, 0.2) is 0 Å². The van der Waals surface area contributed by atoms with Gasteiger partial charge in [0, 0.05) is 25.3 Å². The van der Waals surface area contributed by atoms with Crippen molar-refractivity contribution in [2.75, 3.05) is 51.4 Å². The smallest absolute Gasteiger partial charge is 0.411 e. The Hall–Kier alpha value is -1.79. The summed E-state index contributed by atoms with van der Waals surface area (Å²) >= 11 is 0. The third-order valence-electron chi connectivity index (χ3n) is 4.36. The molecule has 2 rings (SSSR count). The van der Waals surface area contributed by atoms with E-state index in [1.807, 2.05) is 24.3 Å². The Morgan fingerprint density at radius 1 is 1.08 bits per heavy atom. The molecule has 1 saturated heterocycles. The van der Waals surface area contributed by atoms with Gasteiger partial charge in [-0.1, -0.05) is 32.6 Å². The van der Waals surface area contributed by atoms with E-state index in [0.717, 1.165) is 51.6 Å². The zero-order valence-electron chi connectivity index (χ0n) is 15.9. The molecule has 0 spiro atoms. The number of hydrogen-bond acceptors (Lipinski definition) is 5. The van der Waals surface area contributed by atoms with Crippen LogP contribution in [0.2, 0.25) is 0 Å². The van der Waals surface area contributed by atoms with Crippen molar-refractivity contribution in [1.82, 2.24) is 4.90 Å². The number of hydrogen-bond donors (Lipinski definition) is 1. The van der Waals surface area contributed by atoms with Gasteiger partial charge in [-0.15, -0.1) is 0 Å². The number of nitrogens with zero attached hydrogens (tertiary/aromatic N) is 1. The van der Waals surface area contributed by atoms with Gasteiger partial charge in [0.2, 0.25) is 0 Å². The average molecular weight is 364 g/mol. The second kappa shape index (κ2) is 12.5.